The molecule has 0 aliphatic carbocycles. The Balaban J connectivity index is 1.40. The second-order valence-electron chi connectivity index (χ2n) is 10.2. The fourth-order valence-electron chi connectivity index (χ4n) is 4.85. The van der Waals surface area contributed by atoms with Gasteiger partial charge in [0.25, 0.3) is 5.91 Å². The number of anilines is 2. The van der Waals surface area contributed by atoms with Gasteiger partial charge in [-0.15, -0.1) is 0 Å². The van der Waals surface area contributed by atoms with Crippen LogP contribution in [0.3, 0.4) is 0 Å². The third kappa shape index (κ3) is 5.84. The number of rotatable bonds is 7. The molecule has 1 fully saturated rings. The van der Waals surface area contributed by atoms with E-state index in [1.807, 2.05) is 65.8 Å². The van der Waals surface area contributed by atoms with Crippen LogP contribution in [-0.4, -0.2) is 80.1 Å². The number of hydrogen-bond donors (Lipinski definition) is 2. The molecule has 206 valence electrons. The molecule has 1 aliphatic rings. The molecular weight excluding hydrogens is 506 g/mol. The molecule has 1 aliphatic heterocycles. The van der Waals surface area contributed by atoms with Gasteiger partial charge < -0.3 is 20.9 Å². The van der Waals surface area contributed by atoms with Crippen molar-refractivity contribution >= 4 is 34.5 Å². The summed E-state index contributed by atoms with van der Waals surface area (Å²) < 4.78 is 1.87. The summed E-state index contributed by atoms with van der Waals surface area (Å²) in [5.74, 6) is 0.562. The number of nitrogens with one attached hydrogen (secondary N) is 1. The van der Waals surface area contributed by atoms with Gasteiger partial charge in [-0.1, -0.05) is 18.2 Å². The van der Waals surface area contributed by atoms with E-state index in [1.165, 1.54) is 6.33 Å². The van der Waals surface area contributed by atoms with Gasteiger partial charge in [-0.3, -0.25) is 9.59 Å². The molecule has 40 heavy (non-hydrogen) atoms. The molecule has 11 heteroatoms. The van der Waals surface area contributed by atoms with E-state index in [4.69, 9.17) is 10.8 Å². The summed E-state index contributed by atoms with van der Waals surface area (Å²) in [7, 11) is 3.93. The first kappa shape index (κ1) is 26.9. The molecule has 0 saturated carbocycles. The van der Waals surface area contributed by atoms with E-state index in [2.05, 4.69) is 20.3 Å². The number of nitrogens with zero attached hydrogens (tertiary/aromatic N) is 7. The molecule has 3 N–H and O–H groups in total. The van der Waals surface area contributed by atoms with E-state index in [0.29, 0.717) is 53.6 Å². The molecule has 3 aromatic heterocycles. The molecule has 0 spiro atoms. The van der Waals surface area contributed by atoms with Crippen molar-refractivity contribution in [3.8, 4) is 11.3 Å². The smallest absolute Gasteiger partial charge is 0.256 e. The lowest BCUT2D eigenvalue weighted by atomic mass is 10.1. The lowest BCUT2D eigenvalue weighted by Gasteiger charge is -2.32. The molecule has 1 unspecified atom stereocenters. The van der Waals surface area contributed by atoms with E-state index in [-0.39, 0.29) is 17.9 Å². The van der Waals surface area contributed by atoms with E-state index in [1.54, 1.807) is 24.4 Å². The average Bonchev–Trinajstić information content (AvgIpc) is 3.34. The number of piperidine rings is 1. The number of fused-ring (bicyclic) bond motifs is 1. The van der Waals surface area contributed by atoms with E-state index >= 15 is 0 Å². The molecule has 2 amide bonds. The highest BCUT2D eigenvalue weighted by Gasteiger charge is 2.28. The summed E-state index contributed by atoms with van der Waals surface area (Å²) in [4.78, 5) is 42.4. The number of hydrogen-bond acceptors (Lipinski definition) is 8. The Morgan fingerprint density at radius 2 is 1.95 bits per heavy atom. The van der Waals surface area contributed by atoms with Crippen molar-refractivity contribution in [3.63, 3.8) is 0 Å². The SMILES string of the molecule is Cc1ccnc(NC(=O)c2ccc(-c3nn(C4CCCN(C(=O)/C=C/CN(C)C)C4)c4ncnc(N)c34)cc2)c1. The van der Waals surface area contributed by atoms with Crippen LogP contribution in [0.1, 0.15) is 34.8 Å². The summed E-state index contributed by atoms with van der Waals surface area (Å²) >= 11 is 0. The van der Waals surface area contributed by atoms with Crippen molar-refractivity contribution in [2.75, 3.05) is 44.8 Å². The van der Waals surface area contributed by atoms with Gasteiger partial charge in [-0.2, -0.15) is 5.10 Å². The lowest BCUT2D eigenvalue weighted by Crippen LogP contribution is -2.40. The highest BCUT2D eigenvalue weighted by molar-refractivity contribution is 6.04. The van der Waals surface area contributed by atoms with Gasteiger partial charge in [0.2, 0.25) is 5.91 Å². The Kier molecular flexibility index (Phi) is 7.83. The number of likely N-dealkylation sites (N-methyl/N-ethyl adjacent to an activating group) is 1. The predicted molar refractivity (Wildman–Crippen MR) is 155 cm³/mol. The quantitative estimate of drug-likeness (QED) is 0.342. The minimum Gasteiger partial charge on any atom is -0.383 e. The topological polar surface area (TPSA) is 135 Å². The van der Waals surface area contributed by atoms with Crippen LogP contribution in [-0.2, 0) is 4.79 Å². The van der Waals surface area contributed by atoms with Gasteiger partial charge in [0, 0.05) is 43.0 Å². The summed E-state index contributed by atoms with van der Waals surface area (Å²) in [5.41, 5.74) is 9.85. The highest BCUT2D eigenvalue weighted by atomic mass is 16.2. The predicted octanol–water partition coefficient (Wildman–Crippen LogP) is 3.31. The number of pyridine rings is 1. The normalized spacial score (nSPS) is 15.7. The van der Waals surface area contributed by atoms with E-state index in [9.17, 15) is 9.59 Å². The Bertz CT molecular complexity index is 1560. The monoisotopic (exact) mass is 539 g/mol. The van der Waals surface area contributed by atoms with Gasteiger partial charge in [-0.25, -0.2) is 19.6 Å². The van der Waals surface area contributed by atoms with Crippen LogP contribution < -0.4 is 11.1 Å². The second-order valence-corrected chi connectivity index (χ2v) is 10.2. The average molecular weight is 540 g/mol. The standard InChI is InChI=1S/C29H33N9O2/c1-19-12-13-31-23(16-19)34-29(40)21-10-8-20(9-11-21)26-25-27(30)32-18-33-28(25)38(35-26)22-6-4-15-37(17-22)24(39)7-5-14-36(2)3/h5,7-13,16,18,22H,4,6,14-15,17H2,1-3H3,(H2,30,32,33)(H,31,34,40)/b7-5+. The number of likely N-dealkylation sites (tertiary alicyclic amines) is 1. The zero-order chi connectivity index (χ0) is 28.2. The van der Waals surface area contributed by atoms with Crippen LogP contribution in [0.4, 0.5) is 11.6 Å². The lowest BCUT2D eigenvalue weighted by molar-refractivity contribution is -0.127. The minimum absolute atomic E-state index is 0.00731. The third-order valence-corrected chi connectivity index (χ3v) is 6.88. The molecule has 11 nitrogen and oxygen atoms in total. The minimum atomic E-state index is -0.255. The van der Waals surface area contributed by atoms with Crippen molar-refractivity contribution in [2.24, 2.45) is 0 Å². The number of carbonyl (C=O) groups is 2. The molecule has 0 bridgehead atoms. The van der Waals surface area contributed by atoms with Gasteiger partial charge in [0.15, 0.2) is 5.65 Å². The first-order chi connectivity index (χ1) is 19.3. The summed E-state index contributed by atoms with van der Waals surface area (Å²) in [6.45, 7) is 3.87. The Labute approximate surface area is 232 Å². The van der Waals surface area contributed by atoms with Gasteiger partial charge >= 0.3 is 0 Å². The van der Waals surface area contributed by atoms with Crippen molar-refractivity contribution in [1.29, 1.82) is 0 Å². The number of nitrogens with two attached hydrogens (primary N) is 1. The summed E-state index contributed by atoms with van der Waals surface area (Å²) in [5, 5.41) is 8.41. The molecule has 5 rings (SSSR count). The Hall–Kier alpha value is -4.64. The van der Waals surface area contributed by atoms with E-state index < -0.39 is 0 Å². The van der Waals surface area contributed by atoms with Gasteiger partial charge in [-0.05, 0) is 63.7 Å². The fourth-order valence-corrected chi connectivity index (χ4v) is 4.85. The highest BCUT2D eigenvalue weighted by Crippen LogP contribution is 2.34. The largest absolute Gasteiger partial charge is 0.383 e. The molecular formula is C29H33N9O2. The van der Waals surface area contributed by atoms with Crippen LogP contribution in [0, 0.1) is 6.92 Å². The van der Waals surface area contributed by atoms with Crippen molar-refractivity contribution < 1.29 is 9.59 Å². The molecule has 4 heterocycles. The molecule has 0 radical (unpaired) electrons. The fraction of sp³-hybridized carbons (Fsp3) is 0.310. The number of benzene rings is 1. The van der Waals surface area contributed by atoms with Gasteiger partial charge in [0.1, 0.15) is 23.7 Å². The first-order valence-corrected chi connectivity index (χ1v) is 13.2. The Morgan fingerprint density at radius 3 is 2.70 bits per heavy atom. The number of nitrogen functional groups attached to an aromatic ring is 1. The maximum Gasteiger partial charge on any atom is 0.256 e. The molecule has 1 saturated heterocycles. The number of aryl methyl sites for hydroxylation is 1. The van der Waals surface area contributed by atoms with E-state index in [0.717, 1.165) is 24.0 Å². The molecule has 1 aromatic carbocycles. The van der Waals surface area contributed by atoms with Crippen LogP contribution in [0.2, 0.25) is 0 Å². The van der Waals surface area contributed by atoms with Crippen LogP contribution in [0.15, 0.2) is 61.1 Å². The van der Waals surface area contributed by atoms with Crippen LogP contribution in [0.5, 0.6) is 0 Å². The van der Waals surface area contributed by atoms with Crippen molar-refractivity contribution in [3.05, 3.63) is 72.2 Å². The number of carbonyl (C=O) groups excluding carboxylic acids is 2. The van der Waals surface area contributed by atoms with Crippen molar-refractivity contribution in [1.82, 2.24) is 34.5 Å². The van der Waals surface area contributed by atoms with Crippen LogP contribution in [0.25, 0.3) is 22.3 Å². The molecule has 1 atom stereocenters. The Morgan fingerprint density at radius 1 is 1.15 bits per heavy atom. The maximum atomic E-state index is 12.8. The first-order valence-electron chi connectivity index (χ1n) is 13.2. The van der Waals surface area contributed by atoms with Gasteiger partial charge in [0.05, 0.1) is 11.4 Å². The summed E-state index contributed by atoms with van der Waals surface area (Å²) in [6.07, 6.45) is 8.32. The molecule has 4 aromatic rings. The zero-order valence-electron chi connectivity index (χ0n) is 22.9. The van der Waals surface area contributed by atoms with Crippen molar-refractivity contribution in [2.45, 2.75) is 25.8 Å². The number of amides is 2. The second kappa shape index (κ2) is 11.6. The van der Waals surface area contributed by atoms with Crippen LogP contribution >= 0.6 is 0 Å². The zero-order valence-corrected chi connectivity index (χ0v) is 22.9. The number of aromatic nitrogens is 5. The summed E-state index contributed by atoms with van der Waals surface area (Å²) in [6, 6.07) is 10.8. The third-order valence-electron chi connectivity index (χ3n) is 6.88. The maximum absolute atomic E-state index is 12.8.